The summed E-state index contributed by atoms with van der Waals surface area (Å²) < 4.78 is 60.7. The molecule has 5 rings (SSSR count). The smallest absolute Gasteiger partial charge is 0.409 e. The first-order valence-electron chi connectivity index (χ1n) is 43.0. The van der Waals surface area contributed by atoms with E-state index in [0.717, 1.165) is 51.4 Å². The SMILES string of the molecule is CC(C)C[C@H](NC(=O)COCCOCCNC(=O)COCCOCCNC(=O)COCCOCCNC(=O)CC[C@H](NC(=O)CCCCCCCCCCCCCCCCC(=O)O)C(=O)O)C(=O)N[C@@H](CO)C(=O)NCC(=O)N[C@@H](CCCCN)C(=O)Nc1ccc(COC(=O)NCOCCn2cnc(-c3ccc(F)c(Cl)c3)c2-c2ccc3ncc(C#N)n3n2)cc1. The van der Waals surface area contributed by atoms with Crippen molar-refractivity contribution in [2.75, 3.05) is 137 Å². The minimum absolute atomic E-state index is 0.0228. The van der Waals surface area contributed by atoms with E-state index in [1.165, 1.54) is 61.0 Å². The second kappa shape index (κ2) is 63.9. The maximum Gasteiger partial charge on any atom is 0.409 e. The standard InChI is InChI=1S/C85H125ClFN17O23/c1-59(2)47-69(100-77(111)56-125-46-43-122-39-35-92-76(110)55-124-45-42-121-38-34-91-75(109)54-123-44-41-120-37-33-90-72(106)31-29-68(84(117)118)99-73(107)20-15-13-11-9-7-5-3-4-6-8-10-12-14-16-21-78(112)113)83(116)101-70(52-105)81(114)94-51-74(108)98-67(19-17-18-32-88)82(115)97-62-25-22-60(23-26-62)53-127-85(119)96-58-126-40-36-103-57-95-79(61-24-27-65(87)64(86)48-61)80(103)66-28-30-71-93-50-63(49-89)104(71)102-66/h22-28,30,48,50,57,59,67-70,105H,3-21,29,31-47,51-56,58,88H2,1-2H3,(H,90,106)(H,91,109)(H,92,110)(H,94,114)(H,96,119)(H,97,115)(H,98,108)(H,99,107)(H,100,111)(H,101,116)(H,112,113)(H,117,118)/t67-,68-,69-,70-/m0/s1. The van der Waals surface area contributed by atoms with Gasteiger partial charge in [-0.25, -0.2) is 28.5 Å². The number of nitrogens with two attached hydrogens (primary N) is 1. The van der Waals surface area contributed by atoms with E-state index < -0.39 is 103 Å². The second-order valence-electron chi connectivity index (χ2n) is 30.0. The third-order valence-electron chi connectivity index (χ3n) is 19.2. The number of nitriles is 1. The average molecular weight is 1810 g/mol. The molecular weight excluding hydrogens is 1680 g/mol. The number of aromatic nitrogens is 5. The van der Waals surface area contributed by atoms with E-state index in [1.54, 1.807) is 61.1 Å². The Labute approximate surface area is 742 Å². The van der Waals surface area contributed by atoms with Crippen LogP contribution in [0.3, 0.4) is 0 Å². The van der Waals surface area contributed by atoms with Gasteiger partial charge in [0.1, 0.15) is 74.9 Å². The van der Waals surface area contributed by atoms with Gasteiger partial charge in [-0.05, 0) is 105 Å². The van der Waals surface area contributed by atoms with Gasteiger partial charge < -0.3 is 111 Å². The summed E-state index contributed by atoms with van der Waals surface area (Å²) in [5.74, 6) is -7.96. The number of carboxylic acids is 2. The number of imidazole rings is 2. The summed E-state index contributed by atoms with van der Waals surface area (Å²) in [5, 5.41) is 68.2. The summed E-state index contributed by atoms with van der Waals surface area (Å²) in [5.41, 5.74) is 9.15. The number of ether oxygens (including phenoxy) is 8. The second-order valence-corrected chi connectivity index (χ2v) is 30.4. The number of rotatable bonds is 71. The summed E-state index contributed by atoms with van der Waals surface area (Å²) >= 11 is 6.12. The van der Waals surface area contributed by atoms with Crippen LogP contribution in [-0.4, -0.2) is 267 Å². The molecule has 0 aliphatic carbocycles. The van der Waals surface area contributed by atoms with E-state index in [0.29, 0.717) is 65.4 Å². The number of aliphatic hydroxyl groups is 1. The molecule has 127 heavy (non-hydrogen) atoms. The fourth-order valence-electron chi connectivity index (χ4n) is 12.5. The Balaban J connectivity index is 0.833. The average Bonchev–Trinajstić information content (AvgIpc) is 1.63. The highest BCUT2D eigenvalue weighted by molar-refractivity contribution is 6.31. The Kier molecular flexibility index (Phi) is 53.6. The van der Waals surface area contributed by atoms with Crippen LogP contribution in [0.5, 0.6) is 0 Å². The summed E-state index contributed by atoms with van der Waals surface area (Å²) in [7, 11) is 0. The van der Waals surface area contributed by atoms with Gasteiger partial charge in [0.05, 0.1) is 108 Å². The molecule has 15 N–H and O–H groups in total. The number of carboxylic acid groups (broad SMARTS) is 2. The lowest BCUT2D eigenvalue weighted by Gasteiger charge is -2.23. The molecule has 0 saturated heterocycles. The molecule has 0 saturated carbocycles. The number of fused-ring (bicyclic) bond motifs is 1. The topological polar surface area (TPSA) is 557 Å². The Bertz CT molecular complexity index is 4230. The Morgan fingerprint density at radius 2 is 1.11 bits per heavy atom. The molecule has 0 aliphatic heterocycles. The number of aliphatic hydroxyl groups excluding tert-OH is 1. The zero-order valence-corrected chi connectivity index (χ0v) is 73.1. The largest absolute Gasteiger partial charge is 0.481 e. The number of carbonyl (C=O) groups excluding carboxylic acids is 10. The van der Waals surface area contributed by atoms with Crippen LogP contribution in [0.1, 0.15) is 166 Å². The van der Waals surface area contributed by atoms with Crippen molar-refractivity contribution < 1.29 is 115 Å². The Morgan fingerprint density at radius 1 is 0.543 bits per heavy atom. The maximum absolute atomic E-state index is 14.1. The van der Waals surface area contributed by atoms with Gasteiger partial charge in [0.15, 0.2) is 11.3 Å². The van der Waals surface area contributed by atoms with Crippen LogP contribution in [0.4, 0.5) is 14.9 Å². The van der Waals surface area contributed by atoms with Gasteiger partial charge in [-0.2, -0.15) is 10.4 Å². The molecule has 3 aromatic heterocycles. The number of amides is 10. The number of carbonyl (C=O) groups is 12. The van der Waals surface area contributed by atoms with Crippen LogP contribution < -0.4 is 58.9 Å². The van der Waals surface area contributed by atoms with Gasteiger partial charge in [-0.3, -0.25) is 53.3 Å². The molecule has 0 unspecified atom stereocenters. The highest BCUT2D eigenvalue weighted by atomic mass is 35.5. The van der Waals surface area contributed by atoms with E-state index in [-0.39, 0.29) is 192 Å². The van der Waals surface area contributed by atoms with Gasteiger partial charge in [0.25, 0.3) is 0 Å². The summed E-state index contributed by atoms with van der Waals surface area (Å²) in [6.45, 7) is 2.84. The van der Waals surface area contributed by atoms with Crippen molar-refractivity contribution in [2.45, 2.75) is 192 Å². The molecule has 2 aromatic carbocycles. The molecule has 40 nitrogen and oxygen atoms in total. The van der Waals surface area contributed by atoms with Crippen LogP contribution in [0.25, 0.3) is 28.3 Å². The van der Waals surface area contributed by atoms with Crippen molar-refractivity contribution in [2.24, 2.45) is 11.7 Å². The van der Waals surface area contributed by atoms with E-state index >= 15 is 0 Å². The number of aliphatic carboxylic acids is 2. The quantitative estimate of drug-likeness (QED) is 0.0186. The van der Waals surface area contributed by atoms with Crippen molar-refractivity contribution in [1.82, 2.24) is 72.0 Å². The fraction of sp³-hybridized carbons (Fsp3) is 0.600. The normalized spacial score (nSPS) is 12.1. The predicted molar refractivity (Wildman–Crippen MR) is 461 cm³/mol. The van der Waals surface area contributed by atoms with Gasteiger partial charge in [0.2, 0.25) is 53.2 Å². The van der Waals surface area contributed by atoms with Crippen LogP contribution in [-0.2, 0) is 104 Å². The minimum Gasteiger partial charge on any atom is -0.481 e. The molecule has 0 radical (unpaired) electrons. The minimum atomic E-state index is -1.54. The first-order valence-corrected chi connectivity index (χ1v) is 43.4. The molecule has 0 spiro atoms. The third kappa shape index (κ3) is 45.9. The van der Waals surface area contributed by atoms with Gasteiger partial charge in [-0.1, -0.05) is 115 Å². The number of halogens is 2. The van der Waals surface area contributed by atoms with Crippen LogP contribution in [0.2, 0.25) is 5.02 Å². The lowest BCUT2D eigenvalue weighted by molar-refractivity contribution is -0.142. The van der Waals surface area contributed by atoms with Crippen molar-refractivity contribution in [3.05, 3.63) is 89.2 Å². The Hall–Kier alpha value is -10.9. The van der Waals surface area contributed by atoms with E-state index in [1.807, 2.05) is 0 Å². The monoisotopic (exact) mass is 1810 g/mol. The number of benzene rings is 2. The number of hydrogen-bond acceptors (Lipinski definition) is 26. The molecule has 0 bridgehead atoms. The highest BCUT2D eigenvalue weighted by Gasteiger charge is 2.30. The molecular formula is C85H125ClFN17O23. The Morgan fingerprint density at radius 3 is 1.68 bits per heavy atom. The number of alkyl carbamates (subject to hydrolysis) is 1. The van der Waals surface area contributed by atoms with Gasteiger partial charge >= 0.3 is 18.0 Å². The van der Waals surface area contributed by atoms with Crippen LogP contribution in [0, 0.1) is 23.1 Å². The maximum atomic E-state index is 14.1. The van der Waals surface area contributed by atoms with Crippen molar-refractivity contribution in [3.8, 4) is 28.7 Å². The molecule has 0 fully saturated rings. The summed E-state index contributed by atoms with van der Waals surface area (Å²) in [6.07, 6.45) is 18.5. The number of nitrogens with one attached hydrogen (secondary N) is 10. The van der Waals surface area contributed by atoms with Crippen molar-refractivity contribution in [3.63, 3.8) is 0 Å². The summed E-state index contributed by atoms with van der Waals surface area (Å²) in [6, 6.07) is 11.0. The van der Waals surface area contributed by atoms with Crippen molar-refractivity contribution in [1.29, 1.82) is 5.26 Å². The lowest BCUT2D eigenvalue weighted by atomic mass is 10.0. The molecule has 10 amide bonds. The van der Waals surface area contributed by atoms with E-state index in [2.05, 4.69) is 74.3 Å². The first kappa shape index (κ1) is 107. The molecule has 42 heteroatoms. The number of anilines is 1. The number of hydrogen-bond donors (Lipinski definition) is 14. The fourth-order valence-corrected chi connectivity index (χ4v) is 12.7. The van der Waals surface area contributed by atoms with E-state index in [9.17, 15) is 77.4 Å². The molecule has 3 heterocycles. The van der Waals surface area contributed by atoms with Crippen LogP contribution in [0.15, 0.2) is 67.1 Å². The highest BCUT2D eigenvalue weighted by Crippen LogP contribution is 2.33. The zero-order chi connectivity index (χ0) is 92.2. The molecule has 4 atom stereocenters. The zero-order valence-electron chi connectivity index (χ0n) is 72.4. The lowest BCUT2D eigenvalue weighted by Crippen LogP contribution is -2.56. The van der Waals surface area contributed by atoms with Gasteiger partial charge in [-0.15, -0.1) is 0 Å². The summed E-state index contributed by atoms with van der Waals surface area (Å²) in [4.78, 5) is 159. The molecule has 0 aliphatic rings. The number of unbranched alkanes of at least 4 members (excludes halogenated alkanes) is 14. The number of nitrogens with zero attached hydrogens (tertiary/aromatic N) is 6. The van der Waals surface area contributed by atoms with Crippen LogP contribution >= 0.6 is 11.6 Å². The van der Waals surface area contributed by atoms with Gasteiger partial charge in [0, 0.05) is 56.7 Å². The third-order valence-corrected chi connectivity index (χ3v) is 19.5. The predicted octanol–water partition coefficient (Wildman–Crippen LogP) is 4.62. The molecule has 5 aromatic rings. The van der Waals surface area contributed by atoms with Crippen molar-refractivity contribution >= 4 is 94.1 Å². The molecule has 702 valence electrons. The first-order chi connectivity index (χ1) is 61.4. The van der Waals surface area contributed by atoms with E-state index in [4.69, 9.17) is 60.3 Å².